The van der Waals surface area contributed by atoms with Crippen molar-refractivity contribution in [3.8, 4) is 11.4 Å². The maximum absolute atomic E-state index is 9.91. The summed E-state index contributed by atoms with van der Waals surface area (Å²) in [5.74, 6) is 1.49. The molecule has 3 rings (SSSR count). The molecule has 1 aliphatic heterocycles. The van der Waals surface area contributed by atoms with E-state index in [9.17, 15) is 5.11 Å². The number of aliphatic hydroxyl groups excluding tert-OH is 1. The van der Waals surface area contributed by atoms with Gasteiger partial charge in [0.05, 0.1) is 12.6 Å². The first-order chi connectivity index (χ1) is 10.1. The number of hydrogen-bond acceptors (Lipinski definition) is 5. The van der Waals surface area contributed by atoms with Gasteiger partial charge in [-0.2, -0.15) is 4.98 Å². The van der Waals surface area contributed by atoms with Crippen LogP contribution in [0, 0.1) is 5.92 Å². The summed E-state index contributed by atoms with van der Waals surface area (Å²) in [6.45, 7) is 4.24. The van der Waals surface area contributed by atoms with Gasteiger partial charge in [0.25, 0.3) is 0 Å². The zero-order valence-electron chi connectivity index (χ0n) is 11.9. The molecular weight excluding hydrogens is 290 g/mol. The number of piperidine rings is 1. The molecule has 112 valence electrons. The van der Waals surface area contributed by atoms with Crippen molar-refractivity contribution in [1.82, 2.24) is 15.0 Å². The van der Waals surface area contributed by atoms with Gasteiger partial charge in [-0.1, -0.05) is 23.7 Å². The standard InChI is InChI=1S/C15H18ClN3O2/c1-10-6-7-19(8-13(10)20)9-14-17-15(18-21-14)11-2-4-12(16)5-3-11/h2-5,10,13,20H,6-9H2,1H3. The summed E-state index contributed by atoms with van der Waals surface area (Å²) in [6.07, 6.45) is 0.705. The minimum absolute atomic E-state index is 0.280. The molecule has 0 bridgehead atoms. The molecule has 0 amide bonds. The summed E-state index contributed by atoms with van der Waals surface area (Å²) in [5, 5.41) is 14.6. The lowest BCUT2D eigenvalue weighted by atomic mass is 9.96. The lowest BCUT2D eigenvalue weighted by Crippen LogP contribution is -2.42. The van der Waals surface area contributed by atoms with Crippen LogP contribution in [-0.4, -0.2) is 39.3 Å². The topological polar surface area (TPSA) is 62.4 Å². The summed E-state index contributed by atoms with van der Waals surface area (Å²) in [4.78, 5) is 6.55. The monoisotopic (exact) mass is 307 g/mol. The van der Waals surface area contributed by atoms with E-state index in [2.05, 4.69) is 22.0 Å². The third-order valence-corrected chi connectivity index (χ3v) is 4.18. The van der Waals surface area contributed by atoms with Crippen molar-refractivity contribution >= 4 is 11.6 Å². The number of nitrogens with zero attached hydrogens (tertiary/aromatic N) is 3. The van der Waals surface area contributed by atoms with Crippen molar-refractivity contribution in [2.75, 3.05) is 13.1 Å². The molecule has 1 saturated heterocycles. The third kappa shape index (κ3) is 3.43. The Kier molecular flexibility index (Phi) is 4.24. The first kappa shape index (κ1) is 14.5. The lowest BCUT2D eigenvalue weighted by Gasteiger charge is -2.33. The van der Waals surface area contributed by atoms with Crippen molar-refractivity contribution in [3.63, 3.8) is 0 Å². The first-order valence-corrected chi connectivity index (χ1v) is 7.48. The molecule has 5 nitrogen and oxygen atoms in total. The van der Waals surface area contributed by atoms with E-state index in [0.717, 1.165) is 18.5 Å². The Bertz CT molecular complexity index is 599. The molecule has 2 heterocycles. The van der Waals surface area contributed by atoms with Crippen LogP contribution in [0.15, 0.2) is 28.8 Å². The fourth-order valence-electron chi connectivity index (χ4n) is 2.48. The number of hydrogen-bond donors (Lipinski definition) is 1. The molecular formula is C15H18ClN3O2. The highest BCUT2D eigenvalue weighted by atomic mass is 35.5. The number of benzene rings is 1. The maximum Gasteiger partial charge on any atom is 0.241 e. The zero-order valence-corrected chi connectivity index (χ0v) is 12.6. The molecule has 1 aliphatic rings. The van der Waals surface area contributed by atoms with Crippen molar-refractivity contribution in [1.29, 1.82) is 0 Å². The molecule has 1 fully saturated rings. The minimum atomic E-state index is -0.280. The van der Waals surface area contributed by atoms with Crippen molar-refractivity contribution in [2.24, 2.45) is 5.92 Å². The van der Waals surface area contributed by atoms with Gasteiger partial charge in [-0.15, -0.1) is 0 Å². The Morgan fingerprint density at radius 2 is 2.14 bits per heavy atom. The van der Waals surface area contributed by atoms with Crippen LogP contribution in [0.2, 0.25) is 5.02 Å². The summed E-state index contributed by atoms with van der Waals surface area (Å²) in [6, 6.07) is 7.33. The number of aromatic nitrogens is 2. The van der Waals surface area contributed by atoms with Gasteiger partial charge in [-0.25, -0.2) is 0 Å². The van der Waals surface area contributed by atoms with Gasteiger partial charge in [-0.05, 0) is 43.1 Å². The maximum atomic E-state index is 9.91. The van der Waals surface area contributed by atoms with Crippen LogP contribution in [0.3, 0.4) is 0 Å². The quantitative estimate of drug-likeness (QED) is 0.944. The SMILES string of the molecule is CC1CCN(Cc2nc(-c3ccc(Cl)cc3)no2)CC1O. The molecule has 1 N–H and O–H groups in total. The van der Waals surface area contributed by atoms with Gasteiger partial charge in [0.1, 0.15) is 0 Å². The molecule has 0 radical (unpaired) electrons. The Hall–Kier alpha value is -1.43. The number of aliphatic hydroxyl groups is 1. The molecule has 1 aromatic heterocycles. The molecule has 2 atom stereocenters. The molecule has 0 aliphatic carbocycles. The van der Waals surface area contributed by atoms with Crippen LogP contribution in [-0.2, 0) is 6.54 Å². The highest BCUT2D eigenvalue weighted by Gasteiger charge is 2.25. The number of rotatable bonds is 3. The van der Waals surface area contributed by atoms with E-state index in [1.54, 1.807) is 12.1 Å². The predicted molar refractivity (Wildman–Crippen MR) is 79.8 cm³/mol. The van der Waals surface area contributed by atoms with Crippen molar-refractivity contribution in [2.45, 2.75) is 26.0 Å². The Morgan fingerprint density at radius 1 is 1.38 bits per heavy atom. The smallest absolute Gasteiger partial charge is 0.241 e. The normalized spacial score (nSPS) is 23.4. The van der Waals surface area contributed by atoms with Gasteiger partial charge in [0.2, 0.25) is 11.7 Å². The highest BCUT2D eigenvalue weighted by molar-refractivity contribution is 6.30. The van der Waals surface area contributed by atoms with Gasteiger partial charge in [0, 0.05) is 17.1 Å². The van der Waals surface area contributed by atoms with Crippen LogP contribution >= 0.6 is 11.6 Å². The second-order valence-electron chi connectivity index (χ2n) is 5.59. The largest absolute Gasteiger partial charge is 0.392 e. The lowest BCUT2D eigenvalue weighted by molar-refractivity contribution is 0.0220. The van der Waals surface area contributed by atoms with Crippen LogP contribution < -0.4 is 0 Å². The van der Waals surface area contributed by atoms with Crippen LogP contribution in [0.5, 0.6) is 0 Å². The van der Waals surface area contributed by atoms with Crippen molar-refractivity contribution in [3.05, 3.63) is 35.2 Å². The highest BCUT2D eigenvalue weighted by Crippen LogP contribution is 2.21. The average molecular weight is 308 g/mol. The molecule has 2 unspecified atom stereocenters. The molecule has 0 saturated carbocycles. The first-order valence-electron chi connectivity index (χ1n) is 7.11. The van der Waals surface area contributed by atoms with E-state index in [4.69, 9.17) is 16.1 Å². The average Bonchev–Trinajstić information content (AvgIpc) is 2.92. The van der Waals surface area contributed by atoms with E-state index in [-0.39, 0.29) is 6.10 Å². The number of likely N-dealkylation sites (tertiary alicyclic amines) is 1. The molecule has 21 heavy (non-hydrogen) atoms. The molecule has 2 aromatic rings. The summed E-state index contributed by atoms with van der Waals surface area (Å²) >= 11 is 5.86. The van der Waals surface area contributed by atoms with Gasteiger partial charge < -0.3 is 9.63 Å². The van der Waals surface area contributed by atoms with E-state index in [1.807, 2.05) is 12.1 Å². The molecule has 0 spiro atoms. The summed E-state index contributed by atoms with van der Waals surface area (Å²) in [5.41, 5.74) is 0.877. The fraction of sp³-hybridized carbons (Fsp3) is 0.467. The third-order valence-electron chi connectivity index (χ3n) is 3.93. The second-order valence-corrected chi connectivity index (χ2v) is 6.02. The number of β-amino-alcohol motifs (C(OH)–C–C–N with tert-alkyl or cyclic N) is 1. The molecule has 1 aromatic carbocycles. The summed E-state index contributed by atoms with van der Waals surface area (Å²) in [7, 11) is 0. The number of halogens is 1. The van der Waals surface area contributed by atoms with Crippen LogP contribution in [0.25, 0.3) is 11.4 Å². The van der Waals surface area contributed by atoms with Crippen molar-refractivity contribution < 1.29 is 9.63 Å². The molecule has 6 heteroatoms. The Balaban J connectivity index is 1.66. The fourth-order valence-corrected chi connectivity index (χ4v) is 2.61. The minimum Gasteiger partial charge on any atom is -0.392 e. The second kappa shape index (κ2) is 6.13. The van der Waals surface area contributed by atoms with E-state index < -0.39 is 0 Å². The predicted octanol–water partition coefficient (Wildman–Crippen LogP) is 2.59. The van der Waals surface area contributed by atoms with Gasteiger partial charge in [-0.3, -0.25) is 4.90 Å². The van der Waals surface area contributed by atoms with E-state index in [0.29, 0.717) is 35.7 Å². The zero-order chi connectivity index (χ0) is 14.8. The van der Waals surface area contributed by atoms with E-state index >= 15 is 0 Å². The van der Waals surface area contributed by atoms with Gasteiger partial charge in [0.15, 0.2) is 0 Å². The van der Waals surface area contributed by atoms with Crippen LogP contribution in [0.1, 0.15) is 19.2 Å². The van der Waals surface area contributed by atoms with Crippen LogP contribution in [0.4, 0.5) is 0 Å². The Morgan fingerprint density at radius 3 is 2.86 bits per heavy atom. The van der Waals surface area contributed by atoms with Gasteiger partial charge >= 0.3 is 0 Å². The summed E-state index contributed by atoms with van der Waals surface area (Å²) < 4.78 is 5.30. The Labute approximate surface area is 128 Å². The van der Waals surface area contributed by atoms with E-state index in [1.165, 1.54) is 0 Å².